The second-order valence-corrected chi connectivity index (χ2v) is 9.60. The summed E-state index contributed by atoms with van der Waals surface area (Å²) in [7, 11) is 3.31. The van der Waals surface area contributed by atoms with E-state index >= 15 is 0 Å². The molecule has 0 amide bonds. The molecule has 5 rings (SSSR count). The van der Waals surface area contributed by atoms with Gasteiger partial charge in [0.25, 0.3) is 0 Å². The highest BCUT2D eigenvalue weighted by molar-refractivity contribution is 5.87. The van der Waals surface area contributed by atoms with E-state index in [9.17, 15) is 9.18 Å². The van der Waals surface area contributed by atoms with Crippen molar-refractivity contribution in [2.45, 2.75) is 38.0 Å². The predicted molar refractivity (Wildman–Crippen MR) is 128 cm³/mol. The van der Waals surface area contributed by atoms with Crippen LogP contribution in [0.5, 0.6) is 11.5 Å². The van der Waals surface area contributed by atoms with Gasteiger partial charge in [-0.15, -0.1) is 0 Å². The van der Waals surface area contributed by atoms with Crippen LogP contribution < -0.4 is 9.47 Å². The van der Waals surface area contributed by atoms with Crippen LogP contribution in [0.2, 0.25) is 0 Å². The summed E-state index contributed by atoms with van der Waals surface area (Å²) in [6, 6.07) is 16.6. The van der Waals surface area contributed by atoms with Crippen molar-refractivity contribution in [3.63, 3.8) is 0 Å². The van der Waals surface area contributed by atoms with Crippen molar-refractivity contribution < 1.29 is 23.8 Å². The maximum absolute atomic E-state index is 14.9. The molecule has 3 atom stereocenters. The molecule has 3 aromatic rings. The third kappa shape index (κ3) is 3.64. The lowest BCUT2D eigenvalue weighted by Crippen LogP contribution is -2.17. The van der Waals surface area contributed by atoms with Gasteiger partial charge in [0.15, 0.2) is 0 Å². The summed E-state index contributed by atoms with van der Waals surface area (Å²) in [5.41, 5.74) is 5.68. The van der Waals surface area contributed by atoms with Crippen LogP contribution in [0.3, 0.4) is 0 Å². The highest BCUT2D eigenvalue weighted by atomic mass is 19.1. The minimum Gasteiger partial charge on any atom is -0.497 e. The van der Waals surface area contributed by atoms with Crippen molar-refractivity contribution in [2.75, 3.05) is 14.2 Å². The molecule has 2 aliphatic rings. The molecule has 2 aliphatic carbocycles. The minimum atomic E-state index is -0.923. The van der Waals surface area contributed by atoms with Gasteiger partial charge >= 0.3 is 5.97 Å². The van der Waals surface area contributed by atoms with Gasteiger partial charge in [0.1, 0.15) is 17.3 Å². The van der Waals surface area contributed by atoms with E-state index in [1.165, 1.54) is 11.1 Å². The van der Waals surface area contributed by atoms with Crippen LogP contribution in [0, 0.1) is 17.7 Å². The highest BCUT2D eigenvalue weighted by Crippen LogP contribution is 2.68. The Labute approximate surface area is 199 Å². The van der Waals surface area contributed by atoms with E-state index in [4.69, 9.17) is 14.6 Å². The van der Waals surface area contributed by atoms with Crippen LogP contribution >= 0.6 is 0 Å². The van der Waals surface area contributed by atoms with Crippen LogP contribution in [-0.4, -0.2) is 25.3 Å². The number of hydrogen-bond donors (Lipinski definition) is 1. The van der Waals surface area contributed by atoms with Crippen LogP contribution in [0.15, 0.2) is 54.6 Å². The summed E-state index contributed by atoms with van der Waals surface area (Å²) < 4.78 is 25.9. The van der Waals surface area contributed by atoms with E-state index in [2.05, 4.69) is 19.1 Å². The molecule has 0 aliphatic heterocycles. The molecule has 5 heteroatoms. The van der Waals surface area contributed by atoms with Crippen LogP contribution in [0.4, 0.5) is 4.39 Å². The van der Waals surface area contributed by atoms with Gasteiger partial charge in [0, 0.05) is 11.5 Å². The number of aryl methyl sites for hydroxylation is 2. The maximum atomic E-state index is 14.9. The van der Waals surface area contributed by atoms with Crippen molar-refractivity contribution in [3.05, 3.63) is 93.8 Å². The average Bonchev–Trinajstić information content (AvgIpc) is 3.21. The second-order valence-electron chi connectivity index (χ2n) is 9.60. The molecule has 0 radical (unpaired) electrons. The highest BCUT2D eigenvalue weighted by Gasteiger charge is 2.67. The van der Waals surface area contributed by atoms with Crippen molar-refractivity contribution in [2.24, 2.45) is 11.8 Å². The number of methoxy groups -OCH3 is 2. The molecule has 34 heavy (non-hydrogen) atoms. The molecule has 1 N–H and O–H groups in total. The standard InChI is InChI=1S/C29H29FO4/c1-17-25-15-24-26(30)11-10-20(7-4-18-5-8-21(9-6-18)28(31)32)27(24)29(17,25)16-19-12-22(33-2)14-23(13-19)34-3/h5-6,8-14,17,25H,4,7,15-16H2,1-3H3,(H,31,32). The average molecular weight is 461 g/mol. The van der Waals surface area contributed by atoms with E-state index in [0.717, 1.165) is 53.9 Å². The molecule has 3 unspecified atom stereocenters. The topological polar surface area (TPSA) is 55.8 Å². The van der Waals surface area contributed by atoms with Gasteiger partial charge in [-0.25, -0.2) is 9.18 Å². The fourth-order valence-corrected chi connectivity index (χ4v) is 6.16. The molecule has 0 heterocycles. The van der Waals surface area contributed by atoms with Gasteiger partial charge in [-0.1, -0.05) is 25.1 Å². The lowest BCUT2D eigenvalue weighted by molar-refractivity contribution is 0.0697. The molecule has 3 aromatic carbocycles. The zero-order valence-electron chi connectivity index (χ0n) is 19.7. The van der Waals surface area contributed by atoms with Gasteiger partial charge in [0.2, 0.25) is 0 Å². The molecule has 0 aromatic heterocycles. The SMILES string of the molecule is COc1cc(CC23c4c(CCc5ccc(C(=O)O)cc5)ccc(F)c4CC2C3C)cc(OC)c1. The number of carboxylic acids is 1. The van der Waals surface area contributed by atoms with Crippen molar-refractivity contribution in [3.8, 4) is 11.5 Å². The Balaban J connectivity index is 1.47. The fraction of sp³-hybridized carbons (Fsp3) is 0.345. The number of carbonyl (C=O) groups is 1. The Hall–Kier alpha value is -3.34. The number of hydrogen-bond acceptors (Lipinski definition) is 3. The van der Waals surface area contributed by atoms with E-state index < -0.39 is 5.97 Å². The quantitative estimate of drug-likeness (QED) is 0.473. The van der Waals surface area contributed by atoms with Gasteiger partial charge in [-0.2, -0.15) is 0 Å². The summed E-state index contributed by atoms with van der Waals surface area (Å²) in [4.78, 5) is 11.1. The van der Waals surface area contributed by atoms with E-state index in [0.29, 0.717) is 11.8 Å². The van der Waals surface area contributed by atoms with Crippen molar-refractivity contribution in [1.82, 2.24) is 0 Å². The minimum absolute atomic E-state index is 0.0721. The normalized spacial score (nSPS) is 22.1. The second kappa shape index (κ2) is 8.46. The molecule has 0 spiro atoms. The lowest BCUT2D eigenvalue weighted by Gasteiger charge is -2.23. The Morgan fingerprint density at radius 1 is 1.00 bits per heavy atom. The van der Waals surface area contributed by atoms with Gasteiger partial charge in [0.05, 0.1) is 19.8 Å². The number of benzene rings is 3. The van der Waals surface area contributed by atoms with Gasteiger partial charge in [-0.3, -0.25) is 0 Å². The van der Waals surface area contributed by atoms with E-state index in [1.54, 1.807) is 32.4 Å². The first-order chi connectivity index (χ1) is 16.4. The zero-order chi connectivity index (χ0) is 24.0. The molecule has 1 saturated carbocycles. The number of ether oxygens (including phenoxy) is 2. The monoisotopic (exact) mass is 460 g/mol. The van der Waals surface area contributed by atoms with Crippen LogP contribution in [0.1, 0.15) is 45.1 Å². The van der Waals surface area contributed by atoms with E-state index in [1.807, 2.05) is 24.3 Å². The number of aromatic carboxylic acids is 1. The first kappa shape index (κ1) is 22.5. The maximum Gasteiger partial charge on any atom is 0.335 e. The summed E-state index contributed by atoms with van der Waals surface area (Å²) in [5.74, 6) is 1.41. The van der Waals surface area contributed by atoms with Gasteiger partial charge < -0.3 is 14.6 Å². The first-order valence-corrected chi connectivity index (χ1v) is 11.7. The molecule has 4 nitrogen and oxygen atoms in total. The number of halogens is 1. The summed E-state index contributed by atoms with van der Waals surface area (Å²) in [6.45, 7) is 2.28. The first-order valence-electron chi connectivity index (χ1n) is 11.7. The molecule has 0 bridgehead atoms. The lowest BCUT2D eigenvalue weighted by atomic mass is 9.82. The van der Waals surface area contributed by atoms with Crippen LogP contribution in [-0.2, 0) is 31.1 Å². The smallest absolute Gasteiger partial charge is 0.335 e. The molecule has 176 valence electrons. The Bertz CT molecular complexity index is 1230. The Morgan fingerprint density at radius 3 is 2.29 bits per heavy atom. The van der Waals surface area contributed by atoms with Crippen molar-refractivity contribution in [1.29, 1.82) is 0 Å². The molecule has 0 saturated heterocycles. The fourth-order valence-electron chi connectivity index (χ4n) is 6.16. The molecular formula is C29H29FO4. The van der Waals surface area contributed by atoms with Gasteiger partial charge in [-0.05, 0) is 95.7 Å². The predicted octanol–water partition coefficient (Wildman–Crippen LogP) is 5.63. The summed E-state index contributed by atoms with van der Waals surface area (Å²) in [6.07, 6.45) is 3.17. The number of fused-ring (bicyclic) bond motifs is 3. The summed E-state index contributed by atoms with van der Waals surface area (Å²) >= 11 is 0. The summed E-state index contributed by atoms with van der Waals surface area (Å²) in [5, 5.41) is 9.14. The Kier molecular flexibility index (Phi) is 5.59. The third-order valence-electron chi connectivity index (χ3n) is 7.99. The molecule has 1 fully saturated rings. The third-order valence-corrected chi connectivity index (χ3v) is 7.99. The van der Waals surface area contributed by atoms with Crippen molar-refractivity contribution >= 4 is 5.97 Å². The Morgan fingerprint density at radius 2 is 1.68 bits per heavy atom. The van der Waals surface area contributed by atoms with E-state index in [-0.39, 0.29) is 16.8 Å². The number of carboxylic acid groups (broad SMARTS) is 1. The molecular weight excluding hydrogens is 431 g/mol. The zero-order valence-corrected chi connectivity index (χ0v) is 19.7. The number of rotatable bonds is 8. The largest absolute Gasteiger partial charge is 0.497 e. The van der Waals surface area contributed by atoms with Crippen LogP contribution in [0.25, 0.3) is 0 Å².